The zero-order chi connectivity index (χ0) is 16.1. The average molecular weight is 306 g/mol. The summed E-state index contributed by atoms with van der Waals surface area (Å²) in [5.41, 5.74) is 2.10. The largest absolute Gasteiger partial charge is 0.508 e. The zero-order valence-electron chi connectivity index (χ0n) is 12.4. The summed E-state index contributed by atoms with van der Waals surface area (Å²) in [5, 5.41) is 19.3. The summed E-state index contributed by atoms with van der Waals surface area (Å²) in [5.74, 6) is 1.04. The number of carbonyl (C=O) groups is 1. The molecule has 114 valence electrons. The van der Waals surface area contributed by atoms with E-state index in [1.807, 2.05) is 0 Å². The first kappa shape index (κ1) is 14.2. The SMILES string of the molecule is [B]c1cc(O)cc2c1OC(c1ccc(O)cc1)C1CC(=O)CC21. The third kappa shape index (κ3) is 2.27. The van der Waals surface area contributed by atoms with Crippen molar-refractivity contribution in [1.29, 1.82) is 0 Å². The van der Waals surface area contributed by atoms with Gasteiger partial charge in [0.05, 0.1) is 0 Å². The van der Waals surface area contributed by atoms with Gasteiger partial charge in [0.1, 0.15) is 37.0 Å². The number of benzene rings is 2. The number of ether oxygens (including phenoxy) is 1. The van der Waals surface area contributed by atoms with Crippen LogP contribution in [0.4, 0.5) is 0 Å². The fourth-order valence-corrected chi connectivity index (χ4v) is 3.81. The Balaban J connectivity index is 1.83. The number of rotatable bonds is 1. The van der Waals surface area contributed by atoms with Gasteiger partial charge in [-0.1, -0.05) is 17.6 Å². The quantitative estimate of drug-likeness (QED) is 0.792. The molecular weight excluding hydrogens is 291 g/mol. The summed E-state index contributed by atoms with van der Waals surface area (Å²) in [6.07, 6.45) is 0.607. The number of hydrogen-bond acceptors (Lipinski definition) is 4. The zero-order valence-corrected chi connectivity index (χ0v) is 12.4. The number of phenolic OH excluding ortho intramolecular Hbond substituents is 2. The van der Waals surface area contributed by atoms with Crippen LogP contribution in [-0.2, 0) is 4.79 Å². The van der Waals surface area contributed by atoms with Crippen LogP contribution in [0.2, 0.25) is 0 Å². The molecule has 0 spiro atoms. The Morgan fingerprint density at radius 1 is 1.04 bits per heavy atom. The lowest BCUT2D eigenvalue weighted by Gasteiger charge is -2.37. The summed E-state index contributed by atoms with van der Waals surface area (Å²) in [6, 6.07) is 9.95. The van der Waals surface area contributed by atoms with Gasteiger partial charge in [-0.25, -0.2) is 0 Å². The first-order valence-electron chi connectivity index (χ1n) is 7.62. The molecule has 2 radical (unpaired) electrons. The lowest BCUT2D eigenvalue weighted by atomic mass is 9.77. The van der Waals surface area contributed by atoms with E-state index in [0.717, 1.165) is 11.1 Å². The Bertz CT molecular complexity index is 784. The average Bonchev–Trinajstić information content (AvgIpc) is 2.89. The van der Waals surface area contributed by atoms with Crippen LogP contribution in [0.15, 0.2) is 36.4 Å². The topological polar surface area (TPSA) is 66.8 Å². The van der Waals surface area contributed by atoms with Crippen LogP contribution in [0.1, 0.15) is 36.0 Å². The molecule has 2 N–H and O–H groups in total. The fourth-order valence-electron chi connectivity index (χ4n) is 3.81. The van der Waals surface area contributed by atoms with Crippen molar-refractivity contribution in [2.45, 2.75) is 24.9 Å². The van der Waals surface area contributed by atoms with E-state index in [9.17, 15) is 15.0 Å². The van der Waals surface area contributed by atoms with Gasteiger partial charge in [-0.3, -0.25) is 4.79 Å². The van der Waals surface area contributed by atoms with E-state index < -0.39 is 0 Å². The normalized spacial score (nSPS) is 25.6. The highest BCUT2D eigenvalue weighted by atomic mass is 16.5. The van der Waals surface area contributed by atoms with E-state index in [1.54, 1.807) is 30.3 Å². The van der Waals surface area contributed by atoms with Crippen LogP contribution in [0, 0.1) is 5.92 Å². The molecule has 5 heteroatoms. The van der Waals surface area contributed by atoms with Crippen LogP contribution >= 0.6 is 0 Å². The van der Waals surface area contributed by atoms with Gasteiger partial charge in [0.15, 0.2) is 0 Å². The third-order valence-electron chi connectivity index (χ3n) is 4.81. The summed E-state index contributed by atoms with van der Waals surface area (Å²) in [4.78, 5) is 12.0. The molecule has 0 saturated heterocycles. The first-order chi connectivity index (χ1) is 11.0. The van der Waals surface area contributed by atoms with Crippen molar-refractivity contribution >= 4 is 19.1 Å². The molecule has 23 heavy (non-hydrogen) atoms. The van der Waals surface area contributed by atoms with Crippen molar-refractivity contribution in [2.75, 3.05) is 0 Å². The van der Waals surface area contributed by atoms with Gasteiger partial charge >= 0.3 is 0 Å². The molecule has 2 aromatic carbocycles. The molecule has 1 fully saturated rings. The number of ketones is 1. The monoisotopic (exact) mass is 306 g/mol. The van der Waals surface area contributed by atoms with Crippen LogP contribution in [0.5, 0.6) is 17.2 Å². The van der Waals surface area contributed by atoms with Gasteiger partial charge in [0.25, 0.3) is 0 Å². The van der Waals surface area contributed by atoms with Gasteiger partial charge in [0, 0.05) is 30.2 Å². The van der Waals surface area contributed by atoms with Crippen LogP contribution in [0.25, 0.3) is 0 Å². The lowest BCUT2D eigenvalue weighted by molar-refractivity contribution is -0.117. The van der Waals surface area contributed by atoms with E-state index >= 15 is 0 Å². The molecule has 4 nitrogen and oxygen atoms in total. The van der Waals surface area contributed by atoms with Crippen molar-refractivity contribution in [3.8, 4) is 17.2 Å². The number of Topliss-reactive ketones (excluding diaryl/α,β-unsaturated/α-hetero) is 1. The number of phenols is 2. The summed E-state index contributed by atoms with van der Waals surface area (Å²) in [7, 11) is 6.01. The predicted molar refractivity (Wildman–Crippen MR) is 85.4 cm³/mol. The Hall–Kier alpha value is -2.43. The van der Waals surface area contributed by atoms with Crippen LogP contribution in [0.3, 0.4) is 0 Å². The first-order valence-corrected chi connectivity index (χ1v) is 7.62. The minimum Gasteiger partial charge on any atom is -0.508 e. The van der Waals surface area contributed by atoms with Crippen LogP contribution < -0.4 is 10.2 Å². The van der Waals surface area contributed by atoms with Crippen LogP contribution in [-0.4, -0.2) is 23.8 Å². The van der Waals surface area contributed by atoms with E-state index in [1.165, 1.54) is 6.07 Å². The fraction of sp³-hybridized carbons (Fsp3) is 0.278. The molecule has 3 atom stereocenters. The second-order valence-electron chi connectivity index (χ2n) is 6.30. The maximum absolute atomic E-state index is 12.0. The Morgan fingerprint density at radius 3 is 2.52 bits per heavy atom. The maximum atomic E-state index is 12.0. The molecule has 4 rings (SSSR count). The number of aromatic hydroxyl groups is 2. The van der Waals surface area contributed by atoms with E-state index in [0.29, 0.717) is 24.1 Å². The van der Waals surface area contributed by atoms with E-state index in [2.05, 4.69) is 0 Å². The molecule has 2 aromatic rings. The summed E-state index contributed by atoms with van der Waals surface area (Å²) >= 11 is 0. The molecule has 0 bridgehead atoms. The van der Waals surface area contributed by atoms with Crippen molar-refractivity contribution < 1.29 is 19.7 Å². The smallest absolute Gasteiger partial charge is 0.133 e. The summed E-state index contributed by atoms with van der Waals surface area (Å²) < 4.78 is 6.14. The van der Waals surface area contributed by atoms with Gasteiger partial charge in [0.2, 0.25) is 0 Å². The molecule has 0 amide bonds. The molecule has 0 aromatic heterocycles. The van der Waals surface area contributed by atoms with Gasteiger partial charge < -0.3 is 14.9 Å². The third-order valence-corrected chi connectivity index (χ3v) is 4.81. The second-order valence-corrected chi connectivity index (χ2v) is 6.30. The standard InChI is InChI=1S/C18H15BO4/c19-16-8-12(22)7-15-13-5-11(21)6-14(13)17(23-18(15)16)9-1-3-10(20)4-2-9/h1-4,7-8,13-14,17,20,22H,5-6H2. The van der Waals surface area contributed by atoms with Crippen molar-refractivity contribution in [2.24, 2.45) is 5.92 Å². The molecule has 2 aliphatic rings. The highest BCUT2D eigenvalue weighted by Crippen LogP contribution is 2.52. The van der Waals surface area contributed by atoms with Crippen molar-refractivity contribution in [3.63, 3.8) is 0 Å². The van der Waals surface area contributed by atoms with Crippen molar-refractivity contribution in [1.82, 2.24) is 0 Å². The molecule has 1 heterocycles. The molecule has 1 aliphatic heterocycles. The minimum atomic E-state index is -0.286. The number of hydrogen-bond donors (Lipinski definition) is 2. The predicted octanol–water partition coefficient (Wildman–Crippen LogP) is 2.09. The Morgan fingerprint density at radius 2 is 1.78 bits per heavy atom. The van der Waals surface area contributed by atoms with Crippen molar-refractivity contribution in [3.05, 3.63) is 47.5 Å². The molecule has 1 aliphatic carbocycles. The highest BCUT2D eigenvalue weighted by molar-refractivity contribution is 6.34. The Labute approximate surface area is 135 Å². The number of carbonyl (C=O) groups excluding carboxylic acids is 1. The highest BCUT2D eigenvalue weighted by Gasteiger charge is 2.45. The van der Waals surface area contributed by atoms with E-state index in [-0.39, 0.29) is 35.2 Å². The van der Waals surface area contributed by atoms with E-state index in [4.69, 9.17) is 12.6 Å². The molecular formula is C18H15BO4. The molecule has 3 unspecified atom stereocenters. The van der Waals surface area contributed by atoms with Gasteiger partial charge in [-0.2, -0.15) is 0 Å². The second kappa shape index (κ2) is 5.05. The van der Waals surface area contributed by atoms with Gasteiger partial charge in [-0.15, -0.1) is 0 Å². The molecule has 1 saturated carbocycles. The maximum Gasteiger partial charge on any atom is 0.133 e. The minimum absolute atomic E-state index is 0.000506. The summed E-state index contributed by atoms with van der Waals surface area (Å²) in [6.45, 7) is 0. The lowest BCUT2D eigenvalue weighted by Crippen LogP contribution is -2.30. The van der Waals surface area contributed by atoms with Gasteiger partial charge in [-0.05, 0) is 29.8 Å². The number of fused-ring (bicyclic) bond motifs is 3. The Kier molecular flexibility index (Phi) is 3.11.